The molecule has 0 aromatic carbocycles. The van der Waals surface area contributed by atoms with Gasteiger partial charge < -0.3 is 10.1 Å². The lowest BCUT2D eigenvalue weighted by Gasteiger charge is -2.10. The quantitative estimate of drug-likeness (QED) is 0.676. The number of carbonyl (C=O) groups excluding carboxylic acids is 1. The van der Waals surface area contributed by atoms with Crippen molar-refractivity contribution >= 4 is 6.29 Å². The van der Waals surface area contributed by atoms with Gasteiger partial charge in [-0.05, 0) is 19.4 Å². The van der Waals surface area contributed by atoms with Crippen LogP contribution >= 0.6 is 0 Å². The van der Waals surface area contributed by atoms with Crippen molar-refractivity contribution in [2.45, 2.75) is 57.8 Å². The van der Waals surface area contributed by atoms with Gasteiger partial charge in [-0.25, -0.2) is 0 Å². The van der Waals surface area contributed by atoms with Crippen molar-refractivity contribution < 1.29 is 4.79 Å². The standard InChI is InChI=1S/C13H25NO/c15-12-13-9-7-5-3-1-2-4-6-8-10-14-11-13/h12-14H,1-11H2. The van der Waals surface area contributed by atoms with Gasteiger partial charge in [0.25, 0.3) is 0 Å². The minimum atomic E-state index is 0.255. The summed E-state index contributed by atoms with van der Waals surface area (Å²) in [6.07, 6.45) is 12.9. The third kappa shape index (κ3) is 6.67. The molecule has 15 heavy (non-hydrogen) atoms. The zero-order valence-corrected chi connectivity index (χ0v) is 9.84. The van der Waals surface area contributed by atoms with Crippen LogP contribution in [0.25, 0.3) is 0 Å². The van der Waals surface area contributed by atoms with Crippen LogP contribution in [0.3, 0.4) is 0 Å². The van der Waals surface area contributed by atoms with Gasteiger partial charge in [-0.15, -0.1) is 0 Å². The summed E-state index contributed by atoms with van der Waals surface area (Å²) >= 11 is 0. The van der Waals surface area contributed by atoms with E-state index in [1.165, 1.54) is 51.4 Å². The molecule has 2 heteroatoms. The molecule has 0 aliphatic carbocycles. The Morgan fingerprint density at radius 3 is 2.13 bits per heavy atom. The Kier molecular flexibility index (Phi) is 7.53. The average Bonchev–Trinajstić information content (AvgIpc) is 2.29. The normalized spacial score (nSPS) is 27.1. The van der Waals surface area contributed by atoms with Crippen LogP contribution in [-0.2, 0) is 4.79 Å². The lowest BCUT2D eigenvalue weighted by molar-refractivity contribution is -0.111. The van der Waals surface area contributed by atoms with Gasteiger partial charge in [0.05, 0.1) is 0 Å². The Labute approximate surface area is 93.8 Å². The molecule has 1 atom stereocenters. The van der Waals surface area contributed by atoms with Crippen LogP contribution in [-0.4, -0.2) is 19.4 Å². The van der Waals surface area contributed by atoms with Gasteiger partial charge in [-0.1, -0.05) is 44.9 Å². The average molecular weight is 211 g/mol. The first-order valence-corrected chi connectivity index (χ1v) is 6.59. The highest BCUT2D eigenvalue weighted by molar-refractivity contribution is 5.53. The topological polar surface area (TPSA) is 29.1 Å². The predicted octanol–water partition coefficient (Wildman–Crippen LogP) is 2.92. The number of nitrogens with one attached hydrogen (secondary N) is 1. The summed E-state index contributed by atoms with van der Waals surface area (Å²) in [6.45, 7) is 1.98. The molecule has 0 aromatic heterocycles. The molecule has 0 radical (unpaired) electrons. The maximum Gasteiger partial charge on any atom is 0.124 e. The van der Waals surface area contributed by atoms with Gasteiger partial charge in [0.1, 0.15) is 6.29 Å². The van der Waals surface area contributed by atoms with E-state index in [1.54, 1.807) is 0 Å². The maximum absolute atomic E-state index is 10.8. The van der Waals surface area contributed by atoms with Crippen LogP contribution in [0.1, 0.15) is 57.8 Å². The SMILES string of the molecule is O=CC1CCCCCCCCCCNC1. The Morgan fingerprint density at radius 1 is 0.867 bits per heavy atom. The zero-order valence-electron chi connectivity index (χ0n) is 9.84. The highest BCUT2D eigenvalue weighted by atomic mass is 16.1. The summed E-state index contributed by atoms with van der Waals surface area (Å²) in [4.78, 5) is 10.8. The van der Waals surface area contributed by atoms with Crippen molar-refractivity contribution in [3.05, 3.63) is 0 Å². The third-order valence-electron chi connectivity index (χ3n) is 3.28. The molecular formula is C13H25NO. The summed E-state index contributed by atoms with van der Waals surface area (Å²) < 4.78 is 0. The first-order valence-electron chi connectivity index (χ1n) is 6.59. The second-order valence-electron chi connectivity index (χ2n) is 4.72. The van der Waals surface area contributed by atoms with Crippen molar-refractivity contribution in [2.75, 3.05) is 13.1 Å². The van der Waals surface area contributed by atoms with Crippen molar-refractivity contribution in [2.24, 2.45) is 5.92 Å². The van der Waals surface area contributed by atoms with Crippen molar-refractivity contribution in [1.82, 2.24) is 5.32 Å². The van der Waals surface area contributed by atoms with E-state index in [1.807, 2.05) is 0 Å². The molecule has 88 valence electrons. The molecule has 1 fully saturated rings. The number of aldehydes is 1. The van der Waals surface area contributed by atoms with E-state index in [0.717, 1.165) is 25.8 Å². The smallest absolute Gasteiger partial charge is 0.124 e. The van der Waals surface area contributed by atoms with E-state index in [4.69, 9.17) is 0 Å². The lowest BCUT2D eigenvalue weighted by Crippen LogP contribution is -2.24. The van der Waals surface area contributed by atoms with Crippen molar-refractivity contribution in [3.63, 3.8) is 0 Å². The number of rotatable bonds is 1. The van der Waals surface area contributed by atoms with Crippen molar-refractivity contribution in [1.29, 1.82) is 0 Å². The maximum atomic E-state index is 10.8. The highest BCUT2D eigenvalue weighted by Gasteiger charge is 2.06. The fourth-order valence-electron chi connectivity index (χ4n) is 2.22. The van der Waals surface area contributed by atoms with E-state index >= 15 is 0 Å². The molecule has 0 aromatic rings. The van der Waals surface area contributed by atoms with E-state index < -0.39 is 0 Å². The molecule has 1 unspecified atom stereocenters. The molecule has 1 N–H and O–H groups in total. The highest BCUT2D eigenvalue weighted by Crippen LogP contribution is 2.12. The van der Waals surface area contributed by atoms with Gasteiger partial charge in [-0.2, -0.15) is 0 Å². The molecular weight excluding hydrogens is 186 g/mol. The first-order chi connectivity index (χ1) is 7.43. The minimum Gasteiger partial charge on any atom is -0.316 e. The predicted molar refractivity (Wildman–Crippen MR) is 64.0 cm³/mol. The van der Waals surface area contributed by atoms with Crippen molar-refractivity contribution in [3.8, 4) is 0 Å². The fourth-order valence-corrected chi connectivity index (χ4v) is 2.22. The molecule has 0 saturated carbocycles. The van der Waals surface area contributed by atoms with Gasteiger partial charge >= 0.3 is 0 Å². The number of hydrogen-bond donors (Lipinski definition) is 1. The Morgan fingerprint density at radius 2 is 1.47 bits per heavy atom. The van der Waals surface area contributed by atoms with E-state index in [2.05, 4.69) is 5.32 Å². The number of carbonyl (C=O) groups is 1. The first kappa shape index (κ1) is 12.7. The molecule has 0 bridgehead atoms. The van der Waals surface area contributed by atoms with Gasteiger partial charge in [0, 0.05) is 12.5 Å². The molecule has 1 heterocycles. The monoisotopic (exact) mass is 211 g/mol. The summed E-state index contributed by atoms with van der Waals surface area (Å²) in [7, 11) is 0. The molecule has 1 rings (SSSR count). The van der Waals surface area contributed by atoms with Gasteiger partial charge in [-0.3, -0.25) is 0 Å². The summed E-state index contributed by atoms with van der Waals surface area (Å²) in [6, 6.07) is 0. The molecule has 0 spiro atoms. The zero-order chi connectivity index (χ0) is 10.8. The largest absolute Gasteiger partial charge is 0.316 e. The van der Waals surface area contributed by atoms with Gasteiger partial charge in [0.15, 0.2) is 0 Å². The second kappa shape index (κ2) is 8.90. The van der Waals surface area contributed by atoms with E-state index in [-0.39, 0.29) is 5.92 Å². The Balaban J connectivity index is 2.20. The Bertz CT molecular complexity index is 145. The Hall–Kier alpha value is -0.370. The van der Waals surface area contributed by atoms with Crippen LogP contribution in [0.4, 0.5) is 0 Å². The van der Waals surface area contributed by atoms with E-state index in [9.17, 15) is 4.79 Å². The van der Waals surface area contributed by atoms with Crippen LogP contribution in [0, 0.1) is 5.92 Å². The summed E-state index contributed by atoms with van der Waals surface area (Å²) in [5.74, 6) is 0.255. The minimum absolute atomic E-state index is 0.255. The van der Waals surface area contributed by atoms with Crippen LogP contribution in [0.2, 0.25) is 0 Å². The van der Waals surface area contributed by atoms with E-state index in [0.29, 0.717) is 0 Å². The lowest BCUT2D eigenvalue weighted by atomic mass is 10.0. The molecule has 1 saturated heterocycles. The molecule has 2 nitrogen and oxygen atoms in total. The van der Waals surface area contributed by atoms with Crippen LogP contribution in [0.5, 0.6) is 0 Å². The summed E-state index contributed by atoms with van der Waals surface area (Å²) in [5, 5.41) is 3.39. The molecule has 0 amide bonds. The number of hydrogen-bond acceptors (Lipinski definition) is 2. The summed E-state index contributed by atoms with van der Waals surface area (Å²) in [5.41, 5.74) is 0. The fraction of sp³-hybridized carbons (Fsp3) is 0.923. The second-order valence-corrected chi connectivity index (χ2v) is 4.72. The third-order valence-corrected chi connectivity index (χ3v) is 3.28. The van der Waals surface area contributed by atoms with Crippen LogP contribution in [0.15, 0.2) is 0 Å². The molecule has 1 aliphatic heterocycles. The van der Waals surface area contributed by atoms with Crippen LogP contribution < -0.4 is 5.32 Å². The molecule has 1 aliphatic rings. The van der Waals surface area contributed by atoms with Gasteiger partial charge in [0.2, 0.25) is 0 Å².